The molecule has 0 saturated carbocycles. The van der Waals surface area contributed by atoms with Crippen LogP contribution in [0.1, 0.15) is 72.4 Å². The lowest BCUT2D eigenvalue weighted by atomic mass is 9.97. The summed E-state index contributed by atoms with van der Waals surface area (Å²) in [6.45, 7) is 5.43. The number of imidazole rings is 1. The van der Waals surface area contributed by atoms with Crippen molar-refractivity contribution in [3.63, 3.8) is 0 Å². The van der Waals surface area contributed by atoms with Crippen LogP contribution < -0.4 is 0 Å². The van der Waals surface area contributed by atoms with E-state index in [9.17, 15) is 13.6 Å². The monoisotopic (exact) mass is 531 g/mol. The predicted molar refractivity (Wildman–Crippen MR) is 148 cm³/mol. The van der Waals surface area contributed by atoms with E-state index >= 15 is 0 Å². The summed E-state index contributed by atoms with van der Waals surface area (Å²) in [4.78, 5) is 30.4. The fourth-order valence-electron chi connectivity index (χ4n) is 5.42. The molecule has 8 heteroatoms. The van der Waals surface area contributed by atoms with Crippen LogP contribution in [0.2, 0.25) is 0 Å². The average Bonchev–Trinajstić information content (AvgIpc) is 3.39. The Balaban J connectivity index is 1.56. The first-order chi connectivity index (χ1) is 19.0. The number of hydrogen-bond donors (Lipinski definition) is 1. The number of unbranched alkanes of at least 4 members (excludes halogenated alkanes) is 1. The zero-order valence-corrected chi connectivity index (χ0v) is 22.4. The Labute approximate surface area is 228 Å². The number of hydrogen-bond acceptors (Lipinski definition) is 4. The van der Waals surface area contributed by atoms with Gasteiger partial charge in [-0.2, -0.15) is 0 Å². The molecule has 39 heavy (non-hydrogen) atoms. The summed E-state index contributed by atoms with van der Waals surface area (Å²) < 4.78 is 29.0. The highest BCUT2D eigenvalue weighted by Crippen LogP contribution is 2.30. The number of likely N-dealkylation sites (tertiary alicyclic amines) is 1. The lowest BCUT2D eigenvalue weighted by Gasteiger charge is -2.32. The van der Waals surface area contributed by atoms with Crippen molar-refractivity contribution in [2.75, 3.05) is 19.6 Å². The molecule has 5 rings (SSSR count). The molecule has 1 saturated heterocycles. The van der Waals surface area contributed by atoms with E-state index in [1.165, 1.54) is 37.0 Å². The van der Waals surface area contributed by atoms with Gasteiger partial charge in [0.05, 0.1) is 28.8 Å². The number of aromatic nitrogens is 3. The molecule has 1 amide bonds. The molecule has 0 radical (unpaired) electrons. The van der Waals surface area contributed by atoms with Crippen molar-refractivity contribution in [3.05, 3.63) is 95.1 Å². The third-order valence-electron chi connectivity index (χ3n) is 7.56. The fourth-order valence-corrected chi connectivity index (χ4v) is 5.42. The van der Waals surface area contributed by atoms with Crippen molar-refractivity contribution in [3.8, 4) is 0 Å². The highest BCUT2D eigenvalue weighted by atomic mass is 19.2. The number of benzene rings is 2. The van der Waals surface area contributed by atoms with Crippen LogP contribution >= 0.6 is 0 Å². The number of H-pyrrole nitrogens is 1. The minimum Gasteiger partial charge on any atom is -0.339 e. The standard InChI is InChI=1S/C31H35F2N5O/c1-2-3-18-38(31(39)24-12-9-13-25(32)29(24)33)28(30-35-26-14-15-34-20-27(26)36-30)19-22-10-5-6-11-23(22)21-37-16-7-4-8-17-37/h5-6,9-15,20,28H,2-4,7-8,16-19,21H2,1H3,(H,35,36). The quantitative estimate of drug-likeness (QED) is 0.256. The van der Waals surface area contributed by atoms with Crippen LogP contribution in [0.5, 0.6) is 0 Å². The number of carbonyl (C=O) groups excluding carboxylic acids is 1. The molecule has 2 aromatic heterocycles. The second kappa shape index (κ2) is 12.5. The predicted octanol–water partition coefficient (Wildman–Crippen LogP) is 6.45. The first kappa shape index (κ1) is 26.9. The highest BCUT2D eigenvalue weighted by Gasteiger charge is 2.31. The number of pyridine rings is 1. The number of nitrogens with one attached hydrogen (secondary N) is 1. The second-order valence-corrected chi connectivity index (χ2v) is 10.3. The Kier molecular flexibility index (Phi) is 8.61. The first-order valence-electron chi connectivity index (χ1n) is 13.9. The minimum atomic E-state index is -1.12. The highest BCUT2D eigenvalue weighted by molar-refractivity contribution is 5.95. The Morgan fingerprint density at radius 2 is 1.85 bits per heavy atom. The van der Waals surface area contributed by atoms with Crippen molar-refractivity contribution in [2.45, 2.75) is 58.0 Å². The topological polar surface area (TPSA) is 65.1 Å². The number of halogens is 2. The van der Waals surface area contributed by atoms with Crippen LogP contribution in [0.15, 0.2) is 60.9 Å². The summed E-state index contributed by atoms with van der Waals surface area (Å²) in [5.74, 6) is -2.10. The lowest BCUT2D eigenvalue weighted by molar-refractivity contribution is 0.0657. The van der Waals surface area contributed by atoms with Crippen molar-refractivity contribution in [1.29, 1.82) is 0 Å². The van der Waals surface area contributed by atoms with Gasteiger partial charge in [0.2, 0.25) is 0 Å². The summed E-state index contributed by atoms with van der Waals surface area (Å²) >= 11 is 0. The molecule has 0 bridgehead atoms. The van der Waals surface area contributed by atoms with E-state index in [1.54, 1.807) is 17.3 Å². The molecule has 204 valence electrons. The maximum atomic E-state index is 14.9. The van der Waals surface area contributed by atoms with Gasteiger partial charge in [0, 0.05) is 25.7 Å². The van der Waals surface area contributed by atoms with Crippen LogP contribution in [0.3, 0.4) is 0 Å². The Hall–Kier alpha value is -3.65. The molecule has 4 aromatic rings. The molecule has 0 aliphatic carbocycles. The fraction of sp³-hybridized carbons (Fsp3) is 0.387. The van der Waals surface area contributed by atoms with E-state index in [0.717, 1.165) is 55.1 Å². The number of piperidine rings is 1. The van der Waals surface area contributed by atoms with Crippen LogP contribution in [0.4, 0.5) is 8.78 Å². The molecule has 1 unspecified atom stereocenters. The van der Waals surface area contributed by atoms with E-state index in [4.69, 9.17) is 4.98 Å². The van der Waals surface area contributed by atoms with Gasteiger partial charge >= 0.3 is 0 Å². The molecule has 1 aliphatic rings. The molecule has 1 N–H and O–H groups in total. The number of amides is 1. The van der Waals surface area contributed by atoms with Crippen molar-refractivity contribution in [1.82, 2.24) is 24.8 Å². The zero-order chi connectivity index (χ0) is 27.2. The summed E-state index contributed by atoms with van der Waals surface area (Å²) in [6.07, 6.45) is 9.12. The summed E-state index contributed by atoms with van der Waals surface area (Å²) in [5, 5.41) is 0. The normalized spacial score (nSPS) is 14.9. The van der Waals surface area contributed by atoms with E-state index < -0.39 is 23.6 Å². The Morgan fingerprint density at radius 1 is 1.05 bits per heavy atom. The molecular formula is C31H35F2N5O. The molecule has 3 heterocycles. The number of aromatic amines is 1. The van der Waals surface area contributed by atoms with Crippen molar-refractivity contribution >= 4 is 16.9 Å². The van der Waals surface area contributed by atoms with E-state index in [0.29, 0.717) is 18.8 Å². The van der Waals surface area contributed by atoms with Crippen LogP contribution in [-0.2, 0) is 13.0 Å². The second-order valence-electron chi connectivity index (χ2n) is 10.3. The third-order valence-corrected chi connectivity index (χ3v) is 7.56. The Morgan fingerprint density at radius 3 is 2.62 bits per heavy atom. The van der Waals surface area contributed by atoms with Gasteiger partial charge < -0.3 is 9.88 Å². The maximum Gasteiger partial charge on any atom is 0.257 e. The lowest BCUT2D eigenvalue weighted by Crippen LogP contribution is -2.38. The molecule has 1 aliphatic heterocycles. The van der Waals surface area contributed by atoms with E-state index in [2.05, 4.69) is 27.0 Å². The first-order valence-corrected chi connectivity index (χ1v) is 13.9. The maximum absolute atomic E-state index is 14.9. The number of fused-ring (bicyclic) bond motifs is 1. The van der Waals surface area contributed by atoms with Crippen LogP contribution in [-0.4, -0.2) is 50.3 Å². The third kappa shape index (κ3) is 6.17. The molecule has 2 aromatic carbocycles. The molecule has 6 nitrogen and oxygen atoms in total. The van der Waals surface area contributed by atoms with Crippen molar-refractivity contribution in [2.24, 2.45) is 0 Å². The summed E-state index contributed by atoms with van der Waals surface area (Å²) in [6, 6.07) is 13.4. The molecular weight excluding hydrogens is 496 g/mol. The van der Waals surface area contributed by atoms with Gasteiger partial charge in [-0.1, -0.05) is 50.1 Å². The number of rotatable bonds is 10. The van der Waals surface area contributed by atoms with Gasteiger partial charge in [0.1, 0.15) is 5.82 Å². The molecule has 0 spiro atoms. The minimum absolute atomic E-state index is 0.268. The van der Waals surface area contributed by atoms with Crippen LogP contribution in [0.25, 0.3) is 11.0 Å². The summed E-state index contributed by atoms with van der Waals surface area (Å²) in [7, 11) is 0. The number of carbonyl (C=O) groups is 1. The van der Waals surface area contributed by atoms with E-state index in [-0.39, 0.29) is 5.56 Å². The van der Waals surface area contributed by atoms with Gasteiger partial charge in [0.25, 0.3) is 5.91 Å². The van der Waals surface area contributed by atoms with Gasteiger partial charge in [-0.25, -0.2) is 13.8 Å². The number of nitrogens with zero attached hydrogens (tertiary/aromatic N) is 4. The van der Waals surface area contributed by atoms with Gasteiger partial charge in [-0.3, -0.25) is 14.7 Å². The van der Waals surface area contributed by atoms with Crippen LogP contribution in [0, 0.1) is 11.6 Å². The smallest absolute Gasteiger partial charge is 0.257 e. The molecule has 1 atom stereocenters. The van der Waals surface area contributed by atoms with E-state index in [1.807, 2.05) is 25.1 Å². The SMILES string of the molecule is CCCCN(C(=O)c1cccc(F)c1F)C(Cc1ccccc1CN1CCCCC1)c1nc2ccncc2[nH]1. The largest absolute Gasteiger partial charge is 0.339 e. The summed E-state index contributed by atoms with van der Waals surface area (Å²) in [5.41, 5.74) is 3.56. The average molecular weight is 532 g/mol. The van der Waals surface area contributed by atoms with Gasteiger partial charge in [-0.05, 0) is 61.7 Å². The van der Waals surface area contributed by atoms with Gasteiger partial charge in [-0.15, -0.1) is 0 Å². The van der Waals surface area contributed by atoms with Gasteiger partial charge in [0.15, 0.2) is 11.6 Å². The zero-order valence-electron chi connectivity index (χ0n) is 22.4. The molecule has 1 fully saturated rings. The van der Waals surface area contributed by atoms with Crippen molar-refractivity contribution < 1.29 is 13.6 Å². The Bertz CT molecular complexity index is 1380.